The molecule has 204 valence electrons. The number of hydrogen-bond acceptors (Lipinski definition) is 5. The predicted molar refractivity (Wildman–Crippen MR) is 147 cm³/mol. The topological polar surface area (TPSA) is 98.8 Å². The van der Waals surface area contributed by atoms with E-state index in [1.807, 2.05) is 30.3 Å². The minimum atomic E-state index is -0.583. The molecular formula is C30H33ClN4O4. The highest BCUT2D eigenvalue weighted by Gasteiger charge is 2.48. The number of carbonyl (C=O) groups is 4. The lowest BCUT2D eigenvalue weighted by molar-refractivity contribution is -0.137. The number of anilines is 1. The average molecular weight is 549 g/mol. The maximum Gasteiger partial charge on any atom is 0.255 e. The molecule has 2 N–H and O–H groups in total. The van der Waals surface area contributed by atoms with Crippen LogP contribution in [0, 0.1) is 0 Å². The highest BCUT2D eigenvalue weighted by atomic mass is 35.5. The molecule has 2 aromatic rings. The number of unbranched alkanes of at least 4 members (excludes halogenated alkanes) is 2. The van der Waals surface area contributed by atoms with Crippen molar-refractivity contribution in [2.75, 3.05) is 25.0 Å². The summed E-state index contributed by atoms with van der Waals surface area (Å²) >= 11 is 6.33. The second-order valence-electron chi connectivity index (χ2n) is 11.2. The number of halogens is 1. The van der Waals surface area contributed by atoms with Gasteiger partial charge in [-0.1, -0.05) is 42.3 Å². The van der Waals surface area contributed by atoms with E-state index < -0.39 is 11.5 Å². The molecular weight excluding hydrogens is 516 g/mol. The fourth-order valence-electron chi connectivity index (χ4n) is 6.77. The van der Waals surface area contributed by atoms with Crippen LogP contribution < -0.4 is 10.6 Å². The van der Waals surface area contributed by atoms with E-state index in [1.165, 1.54) is 5.56 Å². The number of likely N-dealkylation sites (tertiary alicyclic amines) is 1. The molecule has 0 saturated carbocycles. The summed E-state index contributed by atoms with van der Waals surface area (Å²) in [5, 5.41) is 5.99. The minimum Gasteiger partial charge on any atom is -0.324 e. The van der Waals surface area contributed by atoms with Gasteiger partial charge in [-0.25, -0.2) is 0 Å². The number of fused-ring (bicyclic) bond motifs is 3. The lowest BCUT2D eigenvalue weighted by Crippen LogP contribution is -2.52. The molecule has 0 aliphatic carbocycles. The van der Waals surface area contributed by atoms with Crippen LogP contribution in [0.3, 0.4) is 0 Å². The molecule has 1 unspecified atom stereocenters. The molecule has 2 saturated heterocycles. The largest absolute Gasteiger partial charge is 0.324 e. The monoisotopic (exact) mass is 548 g/mol. The van der Waals surface area contributed by atoms with Crippen molar-refractivity contribution < 1.29 is 19.2 Å². The number of nitrogens with zero attached hydrogens (tertiary/aromatic N) is 2. The Morgan fingerprint density at radius 3 is 2.54 bits per heavy atom. The Labute approximate surface area is 233 Å². The van der Waals surface area contributed by atoms with Crippen LogP contribution in [0.15, 0.2) is 36.4 Å². The summed E-state index contributed by atoms with van der Waals surface area (Å²) in [5.74, 6) is -0.691. The third-order valence-corrected chi connectivity index (χ3v) is 9.33. The Kier molecular flexibility index (Phi) is 6.93. The SMILES string of the molecule is O=C1CCC(N2Cc3c(CCCCCN4CCC5(CC4)C(=O)Nc4c(Cl)cccc45)cccc3C2=O)C(=O)N1. The van der Waals surface area contributed by atoms with Crippen LogP contribution in [0.25, 0.3) is 0 Å². The molecule has 9 heteroatoms. The van der Waals surface area contributed by atoms with Gasteiger partial charge >= 0.3 is 0 Å². The molecule has 6 rings (SSSR count). The summed E-state index contributed by atoms with van der Waals surface area (Å²) in [6, 6.07) is 11.1. The van der Waals surface area contributed by atoms with Crippen molar-refractivity contribution in [1.29, 1.82) is 0 Å². The third kappa shape index (κ3) is 4.63. The number of carbonyl (C=O) groups excluding carboxylic acids is 4. The van der Waals surface area contributed by atoms with E-state index in [9.17, 15) is 19.2 Å². The number of para-hydroxylation sites is 1. The molecule has 1 spiro atoms. The lowest BCUT2D eigenvalue weighted by atomic mass is 9.73. The predicted octanol–water partition coefficient (Wildman–Crippen LogP) is 3.80. The highest BCUT2D eigenvalue weighted by Crippen LogP contribution is 2.47. The van der Waals surface area contributed by atoms with Crippen LogP contribution in [-0.4, -0.2) is 59.1 Å². The van der Waals surface area contributed by atoms with Gasteiger partial charge < -0.3 is 15.1 Å². The van der Waals surface area contributed by atoms with E-state index in [0.717, 1.165) is 75.0 Å². The zero-order valence-electron chi connectivity index (χ0n) is 21.9. The van der Waals surface area contributed by atoms with Gasteiger partial charge in [0.15, 0.2) is 0 Å². The van der Waals surface area contributed by atoms with Gasteiger partial charge in [0, 0.05) is 18.5 Å². The van der Waals surface area contributed by atoms with Crippen LogP contribution in [-0.2, 0) is 32.8 Å². The molecule has 4 amide bonds. The van der Waals surface area contributed by atoms with Crippen molar-refractivity contribution in [1.82, 2.24) is 15.1 Å². The van der Waals surface area contributed by atoms with Gasteiger partial charge in [-0.3, -0.25) is 24.5 Å². The van der Waals surface area contributed by atoms with Gasteiger partial charge in [0.2, 0.25) is 17.7 Å². The molecule has 0 aromatic heterocycles. The maximum atomic E-state index is 13.0. The van der Waals surface area contributed by atoms with Gasteiger partial charge in [0.25, 0.3) is 5.91 Å². The van der Waals surface area contributed by atoms with Crippen LogP contribution in [0.5, 0.6) is 0 Å². The van der Waals surface area contributed by atoms with Gasteiger partial charge in [-0.2, -0.15) is 0 Å². The number of piperidine rings is 2. The first-order valence-electron chi connectivity index (χ1n) is 14.0. The Balaban J connectivity index is 0.986. The first-order chi connectivity index (χ1) is 18.9. The molecule has 0 bridgehead atoms. The number of rotatable bonds is 7. The zero-order chi connectivity index (χ0) is 27.1. The van der Waals surface area contributed by atoms with Crippen molar-refractivity contribution in [3.8, 4) is 0 Å². The van der Waals surface area contributed by atoms with E-state index in [-0.39, 0.29) is 30.0 Å². The van der Waals surface area contributed by atoms with Gasteiger partial charge in [0.1, 0.15) is 6.04 Å². The Bertz CT molecular complexity index is 1350. The Morgan fingerprint density at radius 1 is 0.949 bits per heavy atom. The van der Waals surface area contributed by atoms with Crippen molar-refractivity contribution in [2.45, 2.75) is 69.4 Å². The Morgan fingerprint density at radius 2 is 1.74 bits per heavy atom. The van der Waals surface area contributed by atoms with Crippen molar-refractivity contribution in [3.05, 3.63) is 63.7 Å². The zero-order valence-corrected chi connectivity index (χ0v) is 22.7. The number of amides is 4. The van der Waals surface area contributed by atoms with E-state index in [0.29, 0.717) is 23.6 Å². The fraction of sp³-hybridized carbons (Fsp3) is 0.467. The number of nitrogens with one attached hydrogen (secondary N) is 2. The van der Waals surface area contributed by atoms with Gasteiger partial charge in [0.05, 0.1) is 16.1 Å². The summed E-state index contributed by atoms with van der Waals surface area (Å²) in [4.78, 5) is 53.9. The lowest BCUT2D eigenvalue weighted by Gasteiger charge is -2.38. The van der Waals surface area contributed by atoms with E-state index in [4.69, 9.17) is 11.6 Å². The second-order valence-corrected chi connectivity index (χ2v) is 11.6. The van der Waals surface area contributed by atoms with Crippen LogP contribution in [0.4, 0.5) is 5.69 Å². The molecule has 4 aliphatic heterocycles. The van der Waals surface area contributed by atoms with Crippen molar-refractivity contribution >= 4 is 40.9 Å². The third-order valence-electron chi connectivity index (χ3n) is 9.01. The average Bonchev–Trinajstić information content (AvgIpc) is 3.40. The first-order valence-corrected chi connectivity index (χ1v) is 14.3. The summed E-state index contributed by atoms with van der Waals surface area (Å²) in [6.07, 6.45) is 6.32. The molecule has 8 nitrogen and oxygen atoms in total. The summed E-state index contributed by atoms with van der Waals surface area (Å²) in [7, 11) is 0. The molecule has 2 fully saturated rings. The van der Waals surface area contributed by atoms with Gasteiger partial charge in [-0.15, -0.1) is 0 Å². The minimum absolute atomic E-state index is 0.0790. The molecule has 39 heavy (non-hydrogen) atoms. The molecule has 1 atom stereocenters. The summed E-state index contributed by atoms with van der Waals surface area (Å²) in [5.41, 5.74) is 4.24. The van der Waals surface area contributed by atoms with Gasteiger partial charge in [-0.05, 0) is 87.0 Å². The molecule has 2 aromatic carbocycles. The van der Waals surface area contributed by atoms with Crippen LogP contribution >= 0.6 is 11.6 Å². The number of benzene rings is 2. The van der Waals surface area contributed by atoms with Crippen molar-refractivity contribution in [3.63, 3.8) is 0 Å². The van der Waals surface area contributed by atoms with E-state index >= 15 is 0 Å². The first kappa shape index (κ1) is 26.0. The molecule has 4 aliphatic rings. The van der Waals surface area contributed by atoms with Crippen molar-refractivity contribution in [2.24, 2.45) is 0 Å². The summed E-state index contributed by atoms with van der Waals surface area (Å²) in [6.45, 7) is 3.22. The number of aryl methyl sites for hydroxylation is 1. The number of imide groups is 1. The standard InChI is InChI=1S/C30H33ClN4O4/c31-23-10-5-9-22-26(23)33-29(39)30(22)13-16-34(17-14-30)15-3-1-2-6-19-7-4-8-20-21(19)18-35(28(20)38)24-11-12-25(36)32-27(24)37/h4-5,7-10,24H,1-3,6,11-18H2,(H,33,39)(H,32,36,37). The second kappa shape index (κ2) is 10.4. The summed E-state index contributed by atoms with van der Waals surface area (Å²) < 4.78 is 0. The fourth-order valence-corrected chi connectivity index (χ4v) is 6.99. The van der Waals surface area contributed by atoms with Crippen LogP contribution in [0.2, 0.25) is 5.02 Å². The van der Waals surface area contributed by atoms with Crippen LogP contribution in [0.1, 0.15) is 72.0 Å². The molecule has 0 radical (unpaired) electrons. The Hall–Kier alpha value is -3.23. The smallest absolute Gasteiger partial charge is 0.255 e. The number of hydrogen-bond donors (Lipinski definition) is 2. The normalized spacial score (nSPS) is 22.2. The quantitative estimate of drug-likeness (QED) is 0.405. The van der Waals surface area contributed by atoms with E-state index in [2.05, 4.69) is 21.6 Å². The maximum absolute atomic E-state index is 13.0. The van der Waals surface area contributed by atoms with E-state index in [1.54, 1.807) is 4.90 Å². The highest BCUT2D eigenvalue weighted by molar-refractivity contribution is 6.34. The molecule has 4 heterocycles.